The van der Waals surface area contributed by atoms with E-state index in [1.165, 1.54) is 6.92 Å². The molecule has 17 heavy (non-hydrogen) atoms. The molecule has 96 valence electrons. The molecule has 0 radical (unpaired) electrons. The summed E-state index contributed by atoms with van der Waals surface area (Å²) in [5, 5.41) is 0. The van der Waals surface area contributed by atoms with Crippen LogP contribution in [0.25, 0.3) is 0 Å². The van der Waals surface area contributed by atoms with Crippen molar-refractivity contribution < 1.29 is 26.3 Å². The fraction of sp³-hybridized carbons (Fsp3) is 0.400. The number of benzene rings is 1. The van der Waals surface area contributed by atoms with Crippen LogP contribution in [0.3, 0.4) is 0 Å². The number of nitrogens with two attached hydrogens (primary N) is 1. The molecule has 1 aromatic rings. The van der Waals surface area contributed by atoms with E-state index in [0.29, 0.717) is 12.1 Å². The van der Waals surface area contributed by atoms with E-state index in [1.807, 2.05) is 0 Å². The van der Waals surface area contributed by atoms with Crippen LogP contribution in [0.1, 0.15) is 22.3 Å². The van der Waals surface area contributed by atoms with Gasteiger partial charge in [-0.1, -0.05) is 0 Å². The van der Waals surface area contributed by atoms with Gasteiger partial charge in [0.1, 0.15) is 0 Å². The highest BCUT2D eigenvalue weighted by Gasteiger charge is 2.40. The van der Waals surface area contributed by atoms with E-state index in [1.54, 1.807) is 0 Å². The van der Waals surface area contributed by atoms with Crippen molar-refractivity contribution in [2.24, 2.45) is 5.73 Å². The molecule has 0 atom stereocenters. The zero-order valence-corrected chi connectivity index (χ0v) is 8.71. The highest BCUT2D eigenvalue weighted by molar-refractivity contribution is 5.42. The maximum absolute atomic E-state index is 12.6. The predicted molar refractivity (Wildman–Crippen MR) is 49.1 cm³/mol. The van der Waals surface area contributed by atoms with E-state index < -0.39 is 35.6 Å². The molecular formula is C10H9F6N. The lowest BCUT2D eigenvalue weighted by molar-refractivity contribution is -0.144. The average molecular weight is 257 g/mol. The molecule has 0 aliphatic carbocycles. The van der Waals surface area contributed by atoms with Crippen LogP contribution in [0.2, 0.25) is 0 Å². The summed E-state index contributed by atoms with van der Waals surface area (Å²) in [6.45, 7) is 0.356. The third-order valence-electron chi connectivity index (χ3n) is 2.21. The van der Waals surface area contributed by atoms with E-state index in [0.717, 1.165) is 0 Å². The monoisotopic (exact) mass is 257 g/mol. The molecular weight excluding hydrogens is 248 g/mol. The van der Waals surface area contributed by atoms with Crippen molar-refractivity contribution in [2.75, 3.05) is 0 Å². The molecule has 0 spiro atoms. The van der Waals surface area contributed by atoms with Gasteiger partial charge in [0.05, 0.1) is 11.1 Å². The van der Waals surface area contributed by atoms with Gasteiger partial charge in [-0.05, 0) is 30.2 Å². The summed E-state index contributed by atoms with van der Waals surface area (Å²) in [6, 6.07) is 1.33. The number of rotatable bonds is 1. The number of hydrogen-bond donors (Lipinski definition) is 1. The minimum Gasteiger partial charge on any atom is -0.326 e. The molecule has 0 unspecified atom stereocenters. The maximum atomic E-state index is 12.6. The van der Waals surface area contributed by atoms with Crippen molar-refractivity contribution in [3.05, 3.63) is 34.4 Å². The Kier molecular flexibility index (Phi) is 3.42. The van der Waals surface area contributed by atoms with Crippen molar-refractivity contribution in [1.29, 1.82) is 0 Å². The first-order valence-electron chi connectivity index (χ1n) is 4.55. The number of alkyl halides is 6. The first-order valence-corrected chi connectivity index (χ1v) is 4.55. The Hall–Kier alpha value is -1.24. The Morgan fingerprint density at radius 2 is 1.29 bits per heavy atom. The smallest absolute Gasteiger partial charge is 0.326 e. The fourth-order valence-corrected chi connectivity index (χ4v) is 1.54. The van der Waals surface area contributed by atoms with Gasteiger partial charge >= 0.3 is 12.4 Å². The summed E-state index contributed by atoms with van der Waals surface area (Å²) in [4.78, 5) is 0. The Balaban J connectivity index is 3.58. The van der Waals surface area contributed by atoms with Crippen LogP contribution in [0.4, 0.5) is 26.3 Å². The molecule has 0 aromatic heterocycles. The van der Waals surface area contributed by atoms with Gasteiger partial charge in [0.25, 0.3) is 0 Å². The molecule has 0 saturated heterocycles. The van der Waals surface area contributed by atoms with Crippen molar-refractivity contribution >= 4 is 0 Å². The van der Waals surface area contributed by atoms with Crippen molar-refractivity contribution in [3.8, 4) is 0 Å². The molecule has 0 bridgehead atoms. The first kappa shape index (κ1) is 13.8. The van der Waals surface area contributed by atoms with Gasteiger partial charge in [-0.25, -0.2) is 0 Å². The van der Waals surface area contributed by atoms with E-state index >= 15 is 0 Å². The van der Waals surface area contributed by atoms with Gasteiger partial charge in [-0.15, -0.1) is 0 Å². The third kappa shape index (κ3) is 2.91. The predicted octanol–water partition coefficient (Wildman–Crippen LogP) is 3.49. The van der Waals surface area contributed by atoms with Crippen molar-refractivity contribution in [2.45, 2.75) is 25.8 Å². The Labute approximate surface area is 93.2 Å². The molecule has 2 N–H and O–H groups in total. The SMILES string of the molecule is Cc1cc(C(F)(F)F)c(CN)c(C(F)(F)F)c1. The van der Waals surface area contributed by atoms with Crippen LogP contribution in [0.5, 0.6) is 0 Å². The van der Waals surface area contributed by atoms with Crippen LogP contribution in [-0.4, -0.2) is 0 Å². The topological polar surface area (TPSA) is 26.0 Å². The largest absolute Gasteiger partial charge is 0.416 e. The number of hydrogen-bond acceptors (Lipinski definition) is 1. The molecule has 1 aromatic carbocycles. The molecule has 1 rings (SSSR count). The molecule has 0 fully saturated rings. The van der Waals surface area contributed by atoms with E-state index in [-0.39, 0.29) is 5.56 Å². The van der Waals surface area contributed by atoms with Gasteiger partial charge in [0.2, 0.25) is 0 Å². The summed E-state index contributed by atoms with van der Waals surface area (Å²) in [5.41, 5.74) is 1.31. The van der Waals surface area contributed by atoms with Crippen molar-refractivity contribution in [3.63, 3.8) is 0 Å². The summed E-state index contributed by atoms with van der Waals surface area (Å²) in [5.74, 6) is 0. The Morgan fingerprint density at radius 3 is 1.53 bits per heavy atom. The quantitative estimate of drug-likeness (QED) is 0.766. The molecule has 0 saturated carbocycles. The lowest BCUT2D eigenvalue weighted by Gasteiger charge is -2.18. The molecule has 1 nitrogen and oxygen atoms in total. The summed E-state index contributed by atoms with van der Waals surface area (Å²) >= 11 is 0. The highest BCUT2D eigenvalue weighted by Crippen LogP contribution is 2.39. The fourth-order valence-electron chi connectivity index (χ4n) is 1.54. The van der Waals surface area contributed by atoms with E-state index in [4.69, 9.17) is 5.73 Å². The van der Waals surface area contributed by atoms with E-state index in [2.05, 4.69) is 0 Å². The normalized spacial score (nSPS) is 12.9. The van der Waals surface area contributed by atoms with Crippen molar-refractivity contribution in [1.82, 2.24) is 0 Å². The van der Waals surface area contributed by atoms with Crippen LogP contribution in [0, 0.1) is 6.92 Å². The van der Waals surface area contributed by atoms with Crippen LogP contribution in [-0.2, 0) is 18.9 Å². The maximum Gasteiger partial charge on any atom is 0.416 e. The second-order valence-electron chi connectivity index (χ2n) is 3.54. The summed E-state index contributed by atoms with van der Waals surface area (Å²) in [7, 11) is 0. The minimum absolute atomic E-state index is 0.109. The van der Waals surface area contributed by atoms with Gasteiger partial charge in [0, 0.05) is 6.54 Å². The first-order chi connectivity index (χ1) is 7.57. The Morgan fingerprint density at radius 1 is 0.941 bits per heavy atom. The van der Waals surface area contributed by atoms with E-state index in [9.17, 15) is 26.3 Å². The zero-order valence-electron chi connectivity index (χ0n) is 8.71. The average Bonchev–Trinajstić information content (AvgIpc) is 2.13. The standard InChI is InChI=1S/C10H9F6N/c1-5-2-7(9(11,12)13)6(4-17)8(3-5)10(14,15)16/h2-3H,4,17H2,1H3. The molecule has 0 aliphatic rings. The van der Waals surface area contributed by atoms with Gasteiger partial charge < -0.3 is 5.73 Å². The summed E-state index contributed by atoms with van der Waals surface area (Å²) < 4.78 is 75.4. The molecule has 0 aliphatic heterocycles. The minimum atomic E-state index is -4.85. The van der Waals surface area contributed by atoms with Gasteiger partial charge in [0.15, 0.2) is 0 Å². The molecule has 0 amide bonds. The van der Waals surface area contributed by atoms with Gasteiger partial charge in [-0.2, -0.15) is 26.3 Å². The second-order valence-corrected chi connectivity index (χ2v) is 3.54. The van der Waals surface area contributed by atoms with Crippen LogP contribution < -0.4 is 5.73 Å². The van der Waals surface area contributed by atoms with Crippen LogP contribution in [0.15, 0.2) is 12.1 Å². The lowest BCUT2D eigenvalue weighted by atomic mass is 9.97. The summed E-state index contributed by atoms with van der Waals surface area (Å²) in [6.07, 6.45) is -9.69. The molecule has 0 heterocycles. The van der Waals surface area contributed by atoms with Crippen LogP contribution >= 0.6 is 0 Å². The number of halogens is 6. The number of aryl methyl sites for hydroxylation is 1. The van der Waals surface area contributed by atoms with Gasteiger partial charge in [-0.3, -0.25) is 0 Å². The molecule has 7 heteroatoms. The third-order valence-corrected chi connectivity index (χ3v) is 2.21. The Bertz CT molecular complexity index is 383. The highest BCUT2D eigenvalue weighted by atomic mass is 19.4. The lowest BCUT2D eigenvalue weighted by Crippen LogP contribution is -2.19. The second kappa shape index (κ2) is 4.21. The zero-order chi connectivity index (χ0) is 13.4.